The maximum Gasteiger partial charge on any atom is 0.314 e. The fourth-order valence-electron chi connectivity index (χ4n) is 5.64. The van der Waals surface area contributed by atoms with Gasteiger partial charge in [0.25, 0.3) is 32.1 Å². The number of phenols is 2. The predicted molar refractivity (Wildman–Crippen MR) is 197 cm³/mol. The van der Waals surface area contributed by atoms with Crippen LogP contribution >= 0.6 is 0 Å². The molecule has 6 rings (SSSR count). The Morgan fingerprint density at radius 1 is 0.444 bits per heavy atom. The Hall–Kier alpha value is -6.86. The van der Waals surface area contributed by atoms with Gasteiger partial charge in [-0.2, -0.15) is 16.8 Å². The van der Waals surface area contributed by atoms with Gasteiger partial charge in [-0.25, -0.2) is 0 Å². The molecule has 0 aliphatic rings. The molecule has 0 bridgehead atoms. The molecule has 6 aromatic carbocycles. The summed E-state index contributed by atoms with van der Waals surface area (Å²) in [5, 5.41) is 31.2. The van der Waals surface area contributed by atoms with Crippen molar-refractivity contribution in [1.82, 2.24) is 0 Å². The molecule has 0 fully saturated rings. The van der Waals surface area contributed by atoms with Crippen LogP contribution in [-0.4, -0.2) is 59.8 Å². The minimum absolute atomic E-state index is 0.00801. The van der Waals surface area contributed by atoms with Crippen LogP contribution in [0, 0.1) is 0 Å². The third kappa shape index (κ3) is 7.38. The van der Waals surface area contributed by atoms with Gasteiger partial charge in [0.05, 0.1) is 33.9 Å². The Labute approximate surface area is 305 Å². The summed E-state index contributed by atoms with van der Waals surface area (Å²) in [7, 11) is -9.91. The molecule has 0 atom stereocenters. The highest BCUT2D eigenvalue weighted by Crippen LogP contribution is 2.40. The number of rotatable bonds is 8. The van der Waals surface area contributed by atoms with E-state index in [-0.39, 0.29) is 55.4 Å². The second kappa shape index (κ2) is 14.3. The average molecular weight is 771 g/mol. The van der Waals surface area contributed by atoms with Gasteiger partial charge in [-0.15, -0.1) is 0 Å². The summed E-state index contributed by atoms with van der Waals surface area (Å²) in [5.74, 6) is -6.37. The monoisotopic (exact) mass is 770 g/mol. The molecule has 4 amide bonds. The average Bonchev–Trinajstić information content (AvgIpc) is 3.11. The van der Waals surface area contributed by atoms with Crippen LogP contribution in [-0.2, 0) is 29.8 Å². The molecule has 0 saturated carbocycles. The summed E-state index contributed by atoms with van der Waals surface area (Å²) >= 11 is 0. The van der Waals surface area contributed by atoms with Gasteiger partial charge in [-0.05, 0) is 47.2 Å². The quantitative estimate of drug-likeness (QED) is 0.0579. The lowest BCUT2D eigenvalue weighted by atomic mass is 10.1. The normalized spacial score (nSPS) is 11.5. The van der Waals surface area contributed by atoms with E-state index >= 15 is 0 Å². The van der Waals surface area contributed by atoms with Crippen molar-refractivity contribution in [3.63, 3.8) is 0 Å². The molecule has 0 saturated heterocycles. The number of carbonyl (C=O) groups excluding carboxylic acids is 4. The fourth-order valence-corrected chi connectivity index (χ4v) is 7.27. The third-order valence-electron chi connectivity index (χ3n) is 8.01. The highest BCUT2D eigenvalue weighted by molar-refractivity contribution is 7.86. The number of hydrogen-bond donors (Lipinski definition) is 8. The number of aromatic hydroxyl groups is 2. The summed E-state index contributed by atoms with van der Waals surface area (Å²) in [6.07, 6.45) is 0. The Balaban J connectivity index is 1.21. The number of fused-ring (bicyclic) bond motifs is 2. The maximum atomic E-state index is 13.4. The number of para-hydroxylation sites is 2. The minimum Gasteiger partial charge on any atom is -0.504 e. The highest BCUT2D eigenvalue weighted by Gasteiger charge is 2.27. The third-order valence-corrected chi connectivity index (χ3v) is 9.87. The van der Waals surface area contributed by atoms with E-state index in [1.807, 2.05) is 0 Å². The first-order valence-electron chi connectivity index (χ1n) is 15.4. The molecule has 6 aromatic rings. The van der Waals surface area contributed by atoms with Crippen molar-refractivity contribution >= 4 is 88.2 Å². The molecule has 274 valence electrons. The number of carbonyl (C=O) groups is 4. The Kier molecular flexibility index (Phi) is 9.76. The zero-order chi connectivity index (χ0) is 38.9. The molecule has 8 N–H and O–H groups in total. The first-order chi connectivity index (χ1) is 25.5. The smallest absolute Gasteiger partial charge is 0.314 e. The molecule has 0 aliphatic heterocycles. The number of hydrogen-bond acceptors (Lipinski definition) is 10. The number of benzene rings is 6. The Morgan fingerprint density at radius 2 is 0.778 bits per heavy atom. The maximum absolute atomic E-state index is 13.4. The van der Waals surface area contributed by atoms with Crippen LogP contribution in [0.2, 0.25) is 0 Å². The molecule has 0 heterocycles. The highest BCUT2D eigenvalue weighted by atomic mass is 32.2. The van der Waals surface area contributed by atoms with Gasteiger partial charge in [0.1, 0.15) is 9.79 Å². The summed E-state index contributed by atoms with van der Waals surface area (Å²) < 4.78 is 68.1. The molecule has 54 heavy (non-hydrogen) atoms. The number of phenolic OH excluding ortho intramolecular Hbond substituents is 2. The van der Waals surface area contributed by atoms with Crippen LogP contribution in [0.3, 0.4) is 0 Å². The lowest BCUT2D eigenvalue weighted by molar-refractivity contribution is -0.133. The van der Waals surface area contributed by atoms with Gasteiger partial charge in [0.2, 0.25) is 0 Å². The van der Waals surface area contributed by atoms with Gasteiger partial charge in [-0.3, -0.25) is 28.3 Å². The summed E-state index contributed by atoms with van der Waals surface area (Å²) in [5.41, 5.74) is -1.58. The van der Waals surface area contributed by atoms with Gasteiger partial charge in [0, 0.05) is 10.8 Å². The van der Waals surface area contributed by atoms with E-state index in [9.17, 15) is 55.3 Å². The van der Waals surface area contributed by atoms with E-state index in [1.165, 1.54) is 97.1 Å². The van der Waals surface area contributed by atoms with E-state index in [0.717, 1.165) is 0 Å². The molecule has 0 aromatic heterocycles. The second-order valence-corrected chi connectivity index (χ2v) is 14.2. The molecule has 0 unspecified atom stereocenters. The van der Waals surface area contributed by atoms with Crippen molar-refractivity contribution in [1.29, 1.82) is 0 Å². The zero-order valence-corrected chi connectivity index (χ0v) is 28.9. The Morgan fingerprint density at radius 3 is 1.15 bits per heavy atom. The topological polar surface area (TPSA) is 266 Å². The van der Waals surface area contributed by atoms with Crippen molar-refractivity contribution in [2.24, 2.45) is 0 Å². The molecular weight excluding hydrogens is 745 g/mol. The molecule has 16 nitrogen and oxygen atoms in total. The van der Waals surface area contributed by atoms with Crippen LogP contribution in [0.4, 0.5) is 22.7 Å². The molecule has 0 aliphatic carbocycles. The number of anilines is 4. The van der Waals surface area contributed by atoms with Gasteiger partial charge in [0.15, 0.2) is 11.5 Å². The van der Waals surface area contributed by atoms with Crippen molar-refractivity contribution in [3.05, 3.63) is 120 Å². The largest absolute Gasteiger partial charge is 0.504 e. The first-order valence-corrected chi connectivity index (χ1v) is 18.3. The van der Waals surface area contributed by atoms with Crippen LogP contribution in [0.1, 0.15) is 20.7 Å². The minimum atomic E-state index is -4.95. The van der Waals surface area contributed by atoms with Crippen molar-refractivity contribution in [3.8, 4) is 11.5 Å². The van der Waals surface area contributed by atoms with E-state index in [0.29, 0.717) is 0 Å². The lowest BCUT2D eigenvalue weighted by Crippen LogP contribution is -2.31. The summed E-state index contributed by atoms with van der Waals surface area (Å²) in [6.45, 7) is 0. The fraction of sp³-hybridized carbons (Fsp3) is 0. The van der Waals surface area contributed by atoms with Gasteiger partial charge < -0.3 is 31.5 Å². The number of nitrogens with one attached hydrogen (secondary N) is 4. The van der Waals surface area contributed by atoms with Crippen molar-refractivity contribution in [2.45, 2.75) is 9.79 Å². The summed E-state index contributed by atoms with van der Waals surface area (Å²) in [4.78, 5) is 51.2. The van der Waals surface area contributed by atoms with Gasteiger partial charge in [-0.1, -0.05) is 72.8 Å². The standard InChI is InChI=1S/C36H26N4O12S2/c41-29-27(17-19-9-1-3-11-21(19)31(29)53(47,48)49)39-33(43)23-13-5-7-15-25(23)37-35(45)36(46)38-26-16-8-6-14-24(26)34(44)40-28-18-20-10-2-4-12-22(20)32(30(28)42)54(50,51)52/h1-18,41-42H,(H,37,45)(H,38,46)(H,39,43)(H,40,44)(H,47,48,49)(H,50,51,52). The van der Waals surface area contributed by atoms with E-state index in [2.05, 4.69) is 21.3 Å². The molecule has 18 heteroatoms. The van der Waals surface area contributed by atoms with Crippen LogP contribution < -0.4 is 21.3 Å². The van der Waals surface area contributed by atoms with E-state index in [4.69, 9.17) is 0 Å². The predicted octanol–water partition coefficient (Wildman–Crippen LogP) is 4.98. The first kappa shape index (κ1) is 36.9. The van der Waals surface area contributed by atoms with Crippen molar-refractivity contribution < 1.29 is 55.3 Å². The van der Waals surface area contributed by atoms with Crippen LogP contribution in [0.15, 0.2) is 119 Å². The zero-order valence-electron chi connectivity index (χ0n) is 27.3. The van der Waals surface area contributed by atoms with Crippen molar-refractivity contribution in [2.75, 3.05) is 21.3 Å². The van der Waals surface area contributed by atoms with Crippen LogP contribution in [0.5, 0.6) is 11.5 Å². The second-order valence-electron chi connectivity index (χ2n) is 11.5. The van der Waals surface area contributed by atoms with Gasteiger partial charge >= 0.3 is 11.8 Å². The SMILES string of the molecule is O=C(Nc1ccccc1C(=O)Nc1cc2ccccc2c(S(=O)(=O)O)c1O)C(=O)Nc1ccccc1C(=O)Nc1cc2ccccc2c(S(=O)(=O)O)c1O. The summed E-state index contributed by atoms with van der Waals surface area (Å²) in [6, 6.07) is 25.1. The lowest BCUT2D eigenvalue weighted by Gasteiger charge is -2.15. The Bertz CT molecular complexity index is 2600. The van der Waals surface area contributed by atoms with Crippen LogP contribution in [0.25, 0.3) is 21.5 Å². The molecular formula is C36H26N4O12S2. The van der Waals surface area contributed by atoms with E-state index < -0.39 is 65.2 Å². The molecule has 0 radical (unpaired) electrons. The van der Waals surface area contributed by atoms with E-state index in [1.54, 1.807) is 12.1 Å². The number of amides is 4. The molecule has 0 spiro atoms.